The van der Waals surface area contributed by atoms with Crippen molar-refractivity contribution in [2.75, 3.05) is 6.26 Å². The monoisotopic (exact) mass is 247 g/mol. The van der Waals surface area contributed by atoms with Crippen molar-refractivity contribution >= 4 is 33.6 Å². The number of pyridine rings is 1. The van der Waals surface area contributed by atoms with Crippen molar-refractivity contribution in [3.63, 3.8) is 0 Å². The van der Waals surface area contributed by atoms with E-state index in [0.29, 0.717) is 0 Å². The molecule has 3 rings (SSSR count). The largest absolute Gasteiger partial charge is 0.255 e. The van der Waals surface area contributed by atoms with Gasteiger partial charge in [0, 0.05) is 12.5 Å². The Hall–Kier alpha value is -1.33. The molecule has 0 radical (unpaired) electrons. The highest BCUT2D eigenvalue weighted by molar-refractivity contribution is 7.97. The van der Waals surface area contributed by atoms with Gasteiger partial charge in [0.15, 0.2) is 5.82 Å². The first-order chi connectivity index (χ1) is 7.90. The average Bonchev–Trinajstić information content (AvgIpc) is 2.89. The van der Waals surface area contributed by atoms with Crippen LogP contribution in [0.5, 0.6) is 0 Å². The van der Waals surface area contributed by atoms with Gasteiger partial charge in [-0.25, -0.2) is 4.98 Å². The smallest absolute Gasteiger partial charge is 0.170 e. The lowest BCUT2D eigenvalue weighted by Crippen LogP contribution is -1.91. The van der Waals surface area contributed by atoms with E-state index in [2.05, 4.69) is 19.3 Å². The van der Waals surface area contributed by atoms with Crippen molar-refractivity contribution in [2.45, 2.75) is 0 Å². The van der Waals surface area contributed by atoms with Crippen LogP contribution in [0, 0.1) is 0 Å². The molecule has 0 fully saturated rings. The van der Waals surface area contributed by atoms with Gasteiger partial charge in [-0.05, 0) is 35.5 Å². The van der Waals surface area contributed by atoms with Crippen LogP contribution in [0.25, 0.3) is 21.9 Å². The highest BCUT2D eigenvalue weighted by Crippen LogP contribution is 2.30. The van der Waals surface area contributed by atoms with Crippen LogP contribution >= 0.6 is 23.3 Å². The van der Waals surface area contributed by atoms with E-state index in [1.54, 1.807) is 29.5 Å². The van der Waals surface area contributed by atoms with Crippen molar-refractivity contribution in [3.8, 4) is 11.5 Å². The van der Waals surface area contributed by atoms with Crippen LogP contribution in [0.3, 0.4) is 0 Å². The molecule has 0 aliphatic heterocycles. The lowest BCUT2D eigenvalue weighted by atomic mass is 10.3. The van der Waals surface area contributed by atoms with E-state index in [1.165, 1.54) is 4.83 Å². The maximum atomic E-state index is 4.60. The van der Waals surface area contributed by atoms with Gasteiger partial charge in [-0.1, -0.05) is 6.07 Å². The highest BCUT2D eigenvalue weighted by atomic mass is 32.2. The van der Waals surface area contributed by atoms with E-state index < -0.39 is 0 Å². The molecule has 0 aromatic carbocycles. The molecule has 16 heavy (non-hydrogen) atoms. The zero-order chi connectivity index (χ0) is 11.0. The summed E-state index contributed by atoms with van der Waals surface area (Å²) in [6.07, 6.45) is 3.84. The molecule has 0 aliphatic carbocycles. The summed E-state index contributed by atoms with van der Waals surface area (Å²) in [4.78, 5) is 10.1. The summed E-state index contributed by atoms with van der Waals surface area (Å²) in [5, 5.41) is 2.06. The van der Waals surface area contributed by atoms with Gasteiger partial charge >= 0.3 is 0 Å². The Bertz CT molecular complexity index is 612. The number of thiophene rings is 1. The molecular formula is C11H9N3S2. The molecule has 0 N–H and O–H groups in total. The normalized spacial score (nSPS) is 11.1. The predicted octanol–water partition coefficient (Wildman–Crippen LogP) is 3.29. The first-order valence-electron chi connectivity index (χ1n) is 4.82. The van der Waals surface area contributed by atoms with Crippen molar-refractivity contribution in [1.29, 1.82) is 0 Å². The van der Waals surface area contributed by atoms with Crippen LogP contribution in [0.2, 0.25) is 0 Å². The summed E-state index contributed by atoms with van der Waals surface area (Å²) in [5.74, 6) is 0.926. The molecule has 3 aromatic rings. The van der Waals surface area contributed by atoms with Crippen molar-refractivity contribution in [2.24, 2.45) is 0 Å². The van der Waals surface area contributed by atoms with E-state index in [0.717, 1.165) is 17.0 Å². The molecule has 0 spiro atoms. The SMILES string of the molecule is CSn1c(-c2ccccn2)nc2ccsc21. The first-order valence-corrected chi connectivity index (χ1v) is 6.88. The molecule has 3 heterocycles. The second-order valence-electron chi connectivity index (χ2n) is 3.24. The predicted molar refractivity (Wildman–Crippen MR) is 69.8 cm³/mol. The quantitative estimate of drug-likeness (QED) is 0.696. The molecule has 0 saturated carbocycles. The Morgan fingerprint density at radius 2 is 2.25 bits per heavy atom. The molecule has 5 heteroatoms. The van der Waals surface area contributed by atoms with E-state index in [-0.39, 0.29) is 0 Å². The van der Waals surface area contributed by atoms with E-state index >= 15 is 0 Å². The minimum Gasteiger partial charge on any atom is -0.255 e. The molecule has 0 saturated heterocycles. The van der Waals surface area contributed by atoms with Gasteiger partial charge in [0.05, 0.1) is 0 Å². The van der Waals surface area contributed by atoms with Gasteiger partial charge in [-0.3, -0.25) is 8.96 Å². The summed E-state index contributed by atoms with van der Waals surface area (Å²) < 4.78 is 2.13. The Labute approximate surface area is 101 Å². The molecule has 80 valence electrons. The van der Waals surface area contributed by atoms with Crippen LogP contribution < -0.4 is 0 Å². The third-order valence-corrected chi connectivity index (χ3v) is 4.03. The van der Waals surface area contributed by atoms with Gasteiger partial charge in [0.2, 0.25) is 0 Å². The molecule has 0 amide bonds. The summed E-state index contributed by atoms with van der Waals surface area (Å²) in [6, 6.07) is 7.92. The zero-order valence-electron chi connectivity index (χ0n) is 8.62. The lowest BCUT2D eigenvalue weighted by Gasteiger charge is -2.02. The summed E-state index contributed by atoms with van der Waals surface area (Å²) in [6.45, 7) is 0. The van der Waals surface area contributed by atoms with Crippen molar-refractivity contribution in [3.05, 3.63) is 35.8 Å². The minimum absolute atomic E-state index is 0.917. The van der Waals surface area contributed by atoms with Gasteiger partial charge in [0.1, 0.15) is 16.0 Å². The second kappa shape index (κ2) is 3.92. The fourth-order valence-electron chi connectivity index (χ4n) is 1.61. The van der Waals surface area contributed by atoms with Gasteiger partial charge in [-0.15, -0.1) is 11.3 Å². The Morgan fingerprint density at radius 3 is 3.00 bits per heavy atom. The number of hydrogen-bond donors (Lipinski definition) is 0. The third-order valence-electron chi connectivity index (χ3n) is 2.30. The number of nitrogens with zero attached hydrogens (tertiary/aromatic N) is 3. The van der Waals surface area contributed by atoms with Crippen LogP contribution in [0.1, 0.15) is 0 Å². The average molecular weight is 247 g/mol. The minimum atomic E-state index is 0.917. The van der Waals surface area contributed by atoms with Gasteiger partial charge in [-0.2, -0.15) is 0 Å². The number of aromatic nitrogens is 3. The summed E-state index contributed by atoms with van der Waals surface area (Å²) in [7, 11) is 0. The van der Waals surface area contributed by atoms with E-state index in [9.17, 15) is 0 Å². The topological polar surface area (TPSA) is 30.7 Å². The molecule has 0 atom stereocenters. The Morgan fingerprint density at radius 1 is 1.31 bits per heavy atom. The zero-order valence-corrected chi connectivity index (χ0v) is 10.3. The van der Waals surface area contributed by atoms with Crippen LogP contribution in [-0.2, 0) is 0 Å². The maximum Gasteiger partial charge on any atom is 0.170 e. The first kappa shape index (κ1) is 9.86. The summed E-state index contributed by atoms with van der Waals surface area (Å²) >= 11 is 3.36. The van der Waals surface area contributed by atoms with Crippen molar-refractivity contribution in [1.82, 2.24) is 13.9 Å². The number of hydrogen-bond acceptors (Lipinski definition) is 4. The van der Waals surface area contributed by atoms with Crippen molar-refractivity contribution < 1.29 is 0 Å². The number of imidazole rings is 1. The highest BCUT2D eigenvalue weighted by Gasteiger charge is 2.13. The van der Waals surface area contributed by atoms with Gasteiger partial charge in [0.25, 0.3) is 0 Å². The molecular weight excluding hydrogens is 238 g/mol. The summed E-state index contributed by atoms with van der Waals surface area (Å²) in [5.41, 5.74) is 1.96. The number of fused-ring (bicyclic) bond motifs is 1. The fourth-order valence-corrected chi connectivity index (χ4v) is 3.27. The second-order valence-corrected chi connectivity index (χ2v) is 4.86. The number of rotatable bonds is 2. The Kier molecular flexibility index (Phi) is 2.41. The standard InChI is InChI=1S/C11H9N3S2/c1-15-14-10(8-4-2-3-6-12-8)13-9-5-7-16-11(9)14/h2-7H,1H3. The lowest BCUT2D eigenvalue weighted by molar-refractivity contribution is 1.20. The van der Waals surface area contributed by atoms with Crippen LogP contribution in [0.15, 0.2) is 35.8 Å². The fraction of sp³-hybridized carbons (Fsp3) is 0.0909. The molecule has 3 nitrogen and oxygen atoms in total. The molecule has 0 bridgehead atoms. The van der Waals surface area contributed by atoms with Crippen LogP contribution in [0.4, 0.5) is 0 Å². The van der Waals surface area contributed by atoms with E-state index in [4.69, 9.17) is 0 Å². The molecule has 0 unspecified atom stereocenters. The third kappa shape index (κ3) is 1.44. The van der Waals surface area contributed by atoms with Gasteiger partial charge < -0.3 is 0 Å². The molecule has 3 aromatic heterocycles. The van der Waals surface area contributed by atoms with E-state index in [1.807, 2.05) is 30.5 Å². The molecule has 0 aliphatic rings. The van der Waals surface area contributed by atoms with Crippen LogP contribution in [-0.4, -0.2) is 20.2 Å². The maximum absolute atomic E-state index is 4.60. The Balaban J connectivity index is 2.27.